The number of hydrogen-bond acceptors (Lipinski definition) is 3. The molecule has 0 amide bonds. The van der Waals surface area contributed by atoms with Crippen LogP contribution in [0.15, 0.2) is 24.4 Å². The molecular formula is C14H20BNO2. The number of nitrogens with zero attached hydrogens (tertiary/aromatic N) is 1. The van der Waals surface area contributed by atoms with Gasteiger partial charge in [0.1, 0.15) is 0 Å². The maximum atomic E-state index is 5.89. The van der Waals surface area contributed by atoms with Crippen molar-refractivity contribution in [1.29, 1.82) is 0 Å². The second-order valence-electron chi connectivity index (χ2n) is 5.78. The van der Waals surface area contributed by atoms with E-state index in [9.17, 15) is 0 Å². The topological polar surface area (TPSA) is 31.4 Å². The molecule has 1 saturated heterocycles. The van der Waals surface area contributed by atoms with Gasteiger partial charge >= 0.3 is 7.12 Å². The van der Waals surface area contributed by atoms with Crippen LogP contribution in [0.25, 0.3) is 6.08 Å². The first-order valence-electron chi connectivity index (χ1n) is 6.26. The summed E-state index contributed by atoms with van der Waals surface area (Å²) in [7, 11) is -0.296. The zero-order valence-electron chi connectivity index (χ0n) is 11.7. The van der Waals surface area contributed by atoms with Crippen molar-refractivity contribution in [3.8, 4) is 0 Å². The lowest BCUT2D eigenvalue weighted by Crippen LogP contribution is -2.41. The number of aromatic nitrogens is 1. The fraction of sp³-hybridized carbons (Fsp3) is 0.500. The molecule has 3 nitrogen and oxygen atoms in total. The van der Waals surface area contributed by atoms with E-state index >= 15 is 0 Å². The van der Waals surface area contributed by atoms with Crippen molar-refractivity contribution in [2.24, 2.45) is 0 Å². The number of rotatable bonds is 2. The van der Waals surface area contributed by atoms with Gasteiger partial charge in [0.05, 0.1) is 11.2 Å². The predicted molar refractivity (Wildman–Crippen MR) is 74.1 cm³/mol. The van der Waals surface area contributed by atoms with Crippen LogP contribution in [0.2, 0.25) is 0 Å². The van der Waals surface area contributed by atoms with E-state index in [-0.39, 0.29) is 18.3 Å². The summed E-state index contributed by atoms with van der Waals surface area (Å²) in [5.74, 6) is 1.94. The monoisotopic (exact) mass is 245 g/mol. The predicted octanol–water partition coefficient (Wildman–Crippen LogP) is 3.03. The molecule has 0 unspecified atom stereocenters. The molecule has 0 bridgehead atoms. The summed E-state index contributed by atoms with van der Waals surface area (Å²) in [6.45, 7) is 10.2. The first-order chi connectivity index (χ1) is 8.30. The highest BCUT2D eigenvalue weighted by Crippen LogP contribution is 2.36. The van der Waals surface area contributed by atoms with Crippen molar-refractivity contribution in [1.82, 2.24) is 4.98 Å². The summed E-state index contributed by atoms with van der Waals surface area (Å²) >= 11 is 0. The number of aryl methyl sites for hydroxylation is 1. The molecule has 96 valence electrons. The Labute approximate surface area is 109 Å². The van der Waals surface area contributed by atoms with E-state index in [1.54, 1.807) is 0 Å². The Morgan fingerprint density at radius 2 is 1.72 bits per heavy atom. The summed E-state index contributed by atoms with van der Waals surface area (Å²) in [6.07, 6.45) is 5.66. The van der Waals surface area contributed by atoms with Gasteiger partial charge in [-0.25, -0.2) is 0 Å². The highest BCUT2D eigenvalue weighted by molar-refractivity contribution is 6.52. The molecule has 0 aliphatic carbocycles. The maximum absolute atomic E-state index is 5.89. The van der Waals surface area contributed by atoms with Crippen molar-refractivity contribution in [2.75, 3.05) is 0 Å². The van der Waals surface area contributed by atoms with E-state index in [4.69, 9.17) is 9.31 Å². The van der Waals surface area contributed by atoms with Crippen LogP contribution in [0.3, 0.4) is 0 Å². The molecule has 1 aliphatic heterocycles. The Hall–Kier alpha value is -1.13. The molecule has 4 heteroatoms. The molecule has 1 aliphatic rings. The largest absolute Gasteiger partial charge is 0.487 e. The molecule has 2 heterocycles. The fourth-order valence-corrected chi connectivity index (χ4v) is 1.83. The van der Waals surface area contributed by atoms with Crippen molar-refractivity contribution in [3.63, 3.8) is 0 Å². The second-order valence-corrected chi connectivity index (χ2v) is 5.78. The van der Waals surface area contributed by atoms with Crippen LogP contribution in [0.5, 0.6) is 0 Å². The zero-order chi connectivity index (χ0) is 13.4. The quantitative estimate of drug-likeness (QED) is 0.750. The maximum Gasteiger partial charge on any atom is 0.487 e. The number of pyridine rings is 1. The van der Waals surface area contributed by atoms with Gasteiger partial charge in [-0.1, -0.05) is 12.1 Å². The standard InChI is InChI=1S/C14H20BNO2/c1-11-8-12(10-16-9-11)6-7-15-17-13(2,3)14(4,5)18-15/h6-10H,1-5H3/b7-6+. The van der Waals surface area contributed by atoms with E-state index in [2.05, 4.69) is 38.7 Å². The third-order valence-corrected chi connectivity index (χ3v) is 3.61. The molecule has 0 aromatic carbocycles. The molecule has 0 radical (unpaired) electrons. The van der Waals surface area contributed by atoms with Crippen LogP contribution < -0.4 is 0 Å². The molecule has 1 aromatic heterocycles. The molecule has 2 rings (SSSR count). The van der Waals surface area contributed by atoms with Gasteiger partial charge in [-0.15, -0.1) is 0 Å². The van der Waals surface area contributed by atoms with Crippen molar-refractivity contribution in [2.45, 2.75) is 45.8 Å². The summed E-state index contributed by atoms with van der Waals surface area (Å²) in [5.41, 5.74) is 1.63. The first kappa shape index (κ1) is 13.3. The van der Waals surface area contributed by atoms with Crippen LogP contribution in [0.4, 0.5) is 0 Å². The smallest absolute Gasteiger partial charge is 0.400 e. The zero-order valence-corrected chi connectivity index (χ0v) is 11.7. The second kappa shape index (κ2) is 4.52. The lowest BCUT2D eigenvalue weighted by molar-refractivity contribution is 0.00578. The van der Waals surface area contributed by atoms with E-state index < -0.39 is 0 Å². The Kier molecular flexibility index (Phi) is 3.34. The Morgan fingerprint density at radius 3 is 2.28 bits per heavy atom. The third-order valence-electron chi connectivity index (χ3n) is 3.61. The minimum atomic E-state index is -0.296. The third kappa shape index (κ3) is 2.65. The lowest BCUT2D eigenvalue weighted by atomic mass is 9.89. The number of hydrogen-bond donors (Lipinski definition) is 0. The molecule has 0 spiro atoms. The summed E-state index contributed by atoms with van der Waals surface area (Å²) in [6, 6.07) is 2.08. The van der Waals surface area contributed by atoms with E-state index in [1.807, 2.05) is 31.4 Å². The average molecular weight is 245 g/mol. The minimum absolute atomic E-state index is 0.285. The molecule has 0 atom stereocenters. The summed E-state index contributed by atoms with van der Waals surface area (Å²) in [4.78, 5) is 4.15. The SMILES string of the molecule is Cc1cncc(/C=C/B2OC(C)(C)C(C)(C)O2)c1. The molecular weight excluding hydrogens is 225 g/mol. The van der Waals surface area contributed by atoms with Crippen LogP contribution in [-0.4, -0.2) is 23.3 Å². The van der Waals surface area contributed by atoms with Gasteiger partial charge in [-0.2, -0.15) is 0 Å². The fourth-order valence-electron chi connectivity index (χ4n) is 1.83. The average Bonchev–Trinajstić information content (AvgIpc) is 2.45. The van der Waals surface area contributed by atoms with Crippen LogP contribution in [-0.2, 0) is 9.31 Å². The van der Waals surface area contributed by atoms with E-state index in [0.29, 0.717) is 0 Å². The molecule has 1 fully saturated rings. The summed E-state index contributed by atoms with van der Waals surface area (Å²) < 4.78 is 11.8. The van der Waals surface area contributed by atoms with E-state index in [0.717, 1.165) is 11.1 Å². The van der Waals surface area contributed by atoms with Crippen molar-refractivity contribution >= 4 is 13.2 Å². The van der Waals surface area contributed by atoms with Gasteiger partial charge in [0.25, 0.3) is 0 Å². The Balaban J connectivity index is 2.08. The van der Waals surface area contributed by atoms with Crippen LogP contribution >= 0.6 is 0 Å². The van der Waals surface area contributed by atoms with Gasteiger partial charge in [-0.3, -0.25) is 4.98 Å². The van der Waals surface area contributed by atoms with Crippen LogP contribution in [0, 0.1) is 6.92 Å². The molecule has 1 aromatic rings. The van der Waals surface area contributed by atoms with Crippen molar-refractivity contribution in [3.05, 3.63) is 35.6 Å². The van der Waals surface area contributed by atoms with Gasteiger partial charge in [0, 0.05) is 12.4 Å². The Morgan fingerprint density at radius 1 is 1.11 bits per heavy atom. The molecule has 0 N–H and O–H groups in total. The van der Waals surface area contributed by atoms with Gasteiger partial charge < -0.3 is 9.31 Å². The van der Waals surface area contributed by atoms with E-state index in [1.165, 1.54) is 0 Å². The highest BCUT2D eigenvalue weighted by Gasteiger charge is 2.49. The molecule has 18 heavy (non-hydrogen) atoms. The van der Waals surface area contributed by atoms with Gasteiger partial charge in [-0.05, 0) is 51.8 Å². The molecule has 0 saturated carbocycles. The van der Waals surface area contributed by atoms with Gasteiger partial charge in [0.15, 0.2) is 0 Å². The summed E-state index contributed by atoms with van der Waals surface area (Å²) in [5, 5.41) is 0. The van der Waals surface area contributed by atoms with Crippen LogP contribution in [0.1, 0.15) is 38.8 Å². The normalized spacial score (nSPS) is 21.7. The highest BCUT2D eigenvalue weighted by atomic mass is 16.7. The Bertz CT molecular complexity index is 453. The van der Waals surface area contributed by atoms with Gasteiger partial charge in [0.2, 0.25) is 0 Å². The van der Waals surface area contributed by atoms with Crippen molar-refractivity contribution < 1.29 is 9.31 Å². The first-order valence-corrected chi connectivity index (χ1v) is 6.26. The lowest BCUT2D eigenvalue weighted by Gasteiger charge is -2.32. The minimum Gasteiger partial charge on any atom is -0.400 e.